The van der Waals surface area contributed by atoms with Gasteiger partial charge >= 0.3 is 0 Å². The molecule has 1 aliphatic rings. The van der Waals surface area contributed by atoms with Crippen LogP contribution in [0.15, 0.2) is 48.9 Å². The van der Waals surface area contributed by atoms with Gasteiger partial charge in [0.15, 0.2) is 0 Å². The van der Waals surface area contributed by atoms with Gasteiger partial charge in [-0.2, -0.15) is 0 Å². The first-order chi connectivity index (χ1) is 14.7. The van der Waals surface area contributed by atoms with Crippen LogP contribution in [-0.4, -0.2) is 25.5 Å². The summed E-state index contributed by atoms with van der Waals surface area (Å²) in [4.78, 5) is 13.0. The molecule has 1 fully saturated rings. The van der Waals surface area contributed by atoms with Gasteiger partial charge in [-0.25, -0.2) is 4.98 Å². The zero-order chi connectivity index (χ0) is 21.3. The first kappa shape index (κ1) is 22.0. The van der Waals surface area contributed by atoms with Crippen LogP contribution in [0.5, 0.6) is 11.5 Å². The van der Waals surface area contributed by atoms with E-state index < -0.39 is 5.50 Å². The van der Waals surface area contributed by atoms with Crippen molar-refractivity contribution in [3.8, 4) is 11.5 Å². The summed E-state index contributed by atoms with van der Waals surface area (Å²) in [5.74, 6) is 2.24. The van der Waals surface area contributed by atoms with Crippen LogP contribution in [0.2, 0.25) is 0 Å². The van der Waals surface area contributed by atoms with Gasteiger partial charge in [0.05, 0.1) is 28.5 Å². The van der Waals surface area contributed by atoms with Crippen LogP contribution in [-0.2, 0) is 0 Å². The summed E-state index contributed by atoms with van der Waals surface area (Å²) < 4.78 is 5.77. The average Bonchev–Trinajstić information content (AvgIpc) is 3.31. The quantitative estimate of drug-likeness (QED) is 0.276. The number of aromatic nitrogens is 3. The molecule has 3 aromatic heterocycles. The van der Waals surface area contributed by atoms with E-state index in [1.165, 1.54) is 24.6 Å². The van der Waals surface area contributed by atoms with Crippen molar-refractivity contribution < 1.29 is 4.74 Å². The van der Waals surface area contributed by atoms with Crippen molar-refractivity contribution >= 4 is 33.7 Å². The summed E-state index contributed by atoms with van der Waals surface area (Å²) >= 11 is 1.36. The predicted octanol–water partition coefficient (Wildman–Crippen LogP) is 5.40. The Kier molecular flexibility index (Phi) is 7.98. The highest BCUT2D eigenvalue weighted by atomic mass is 32.2. The molecule has 8 heteroatoms. The second-order valence-corrected chi connectivity index (χ2v) is 7.91. The SMILES string of the molecule is CC.N=C(SC(N)Nc1ccc2ncc(Oc3cccnc3)cc2n1)C1CCCC1. The second-order valence-electron chi connectivity index (χ2n) is 6.72. The Morgan fingerprint density at radius 1 is 1.17 bits per heavy atom. The number of anilines is 1. The number of nitrogens with two attached hydrogens (primary N) is 1. The molecule has 1 atom stereocenters. The van der Waals surface area contributed by atoms with Gasteiger partial charge in [0.1, 0.15) is 22.8 Å². The minimum atomic E-state index is -0.416. The number of fused-ring (bicyclic) bond motifs is 1. The predicted molar refractivity (Wildman–Crippen MR) is 124 cm³/mol. The van der Waals surface area contributed by atoms with E-state index >= 15 is 0 Å². The first-order valence-corrected chi connectivity index (χ1v) is 11.2. The number of nitrogens with zero attached hydrogens (tertiary/aromatic N) is 3. The highest BCUT2D eigenvalue weighted by molar-refractivity contribution is 8.14. The Morgan fingerprint density at radius 3 is 2.70 bits per heavy atom. The normalized spacial score (nSPS) is 14.6. The van der Waals surface area contributed by atoms with Crippen molar-refractivity contribution in [3.05, 3.63) is 48.9 Å². The smallest absolute Gasteiger partial charge is 0.147 e. The minimum absolute atomic E-state index is 0.360. The van der Waals surface area contributed by atoms with Gasteiger partial charge in [-0.05, 0) is 37.1 Å². The maximum absolute atomic E-state index is 8.24. The molecular formula is C22H28N6OS. The largest absolute Gasteiger partial charge is 0.454 e. The Labute approximate surface area is 181 Å². The van der Waals surface area contributed by atoms with Crippen molar-refractivity contribution in [2.45, 2.75) is 45.0 Å². The third-order valence-corrected chi connectivity index (χ3v) is 5.61. The molecule has 3 heterocycles. The topological polar surface area (TPSA) is 110 Å². The molecule has 0 aliphatic heterocycles. The Morgan fingerprint density at radius 2 is 1.97 bits per heavy atom. The van der Waals surface area contributed by atoms with Crippen LogP contribution in [0.4, 0.5) is 5.82 Å². The maximum Gasteiger partial charge on any atom is 0.147 e. The van der Waals surface area contributed by atoms with E-state index in [0.717, 1.165) is 18.4 Å². The van der Waals surface area contributed by atoms with E-state index in [1.54, 1.807) is 18.6 Å². The monoisotopic (exact) mass is 424 g/mol. The van der Waals surface area contributed by atoms with Crippen LogP contribution < -0.4 is 15.8 Å². The van der Waals surface area contributed by atoms with Gasteiger partial charge in [0.2, 0.25) is 0 Å². The van der Waals surface area contributed by atoms with Gasteiger partial charge in [-0.3, -0.25) is 15.4 Å². The van der Waals surface area contributed by atoms with Crippen molar-refractivity contribution in [2.75, 3.05) is 5.32 Å². The van der Waals surface area contributed by atoms with E-state index in [4.69, 9.17) is 15.9 Å². The van der Waals surface area contributed by atoms with E-state index in [2.05, 4.69) is 20.3 Å². The summed E-state index contributed by atoms with van der Waals surface area (Å²) in [6.07, 6.45) is 9.60. The molecule has 3 aromatic rings. The Hall–Kier alpha value is -2.71. The lowest BCUT2D eigenvalue weighted by Crippen LogP contribution is -2.29. The van der Waals surface area contributed by atoms with Gasteiger partial charge in [-0.1, -0.05) is 38.5 Å². The van der Waals surface area contributed by atoms with Crippen LogP contribution in [0.1, 0.15) is 39.5 Å². The lowest BCUT2D eigenvalue weighted by atomic mass is 10.1. The van der Waals surface area contributed by atoms with Crippen LogP contribution >= 0.6 is 11.8 Å². The molecule has 1 unspecified atom stereocenters. The minimum Gasteiger partial charge on any atom is -0.454 e. The van der Waals surface area contributed by atoms with E-state index in [-0.39, 0.29) is 0 Å². The van der Waals surface area contributed by atoms with Crippen molar-refractivity contribution in [1.29, 1.82) is 5.41 Å². The molecule has 7 nitrogen and oxygen atoms in total. The number of rotatable bonds is 6. The molecule has 0 aromatic carbocycles. The zero-order valence-electron chi connectivity index (χ0n) is 17.3. The molecule has 4 N–H and O–H groups in total. The summed E-state index contributed by atoms with van der Waals surface area (Å²) in [5, 5.41) is 12.1. The lowest BCUT2D eigenvalue weighted by molar-refractivity contribution is 0.479. The standard InChI is InChI=1S/C20H22N6OS.C2H6/c21-19(13-4-1-2-5-13)28-20(22)26-18-8-7-16-17(25-18)10-15(12-24-16)27-14-6-3-9-23-11-14;1-2/h3,6-13,20-21H,1-2,4-5,22H2,(H,25,26);1-2H3. The van der Waals surface area contributed by atoms with Crippen molar-refractivity contribution in [3.63, 3.8) is 0 Å². The number of nitrogens with one attached hydrogen (secondary N) is 2. The molecule has 0 bridgehead atoms. The maximum atomic E-state index is 8.24. The molecule has 0 radical (unpaired) electrons. The molecule has 158 valence electrons. The van der Waals surface area contributed by atoms with E-state index in [9.17, 15) is 0 Å². The van der Waals surface area contributed by atoms with Crippen LogP contribution in [0, 0.1) is 11.3 Å². The van der Waals surface area contributed by atoms with E-state index in [0.29, 0.717) is 33.8 Å². The molecule has 1 saturated carbocycles. The fourth-order valence-electron chi connectivity index (χ4n) is 3.26. The second kappa shape index (κ2) is 10.9. The molecule has 0 saturated heterocycles. The summed E-state index contributed by atoms with van der Waals surface area (Å²) in [7, 11) is 0. The summed E-state index contributed by atoms with van der Waals surface area (Å²) in [5.41, 5.74) is 7.23. The Balaban J connectivity index is 0.00000124. The molecule has 0 spiro atoms. The summed E-state index contributed by atoms with van der Waals surface area (Å²) in [6.45, 7) is 4.00. The number of thioether (sulfide) groups is 1. The molecule has 4 rings (SSSR count). The van der Waals surface area contributed by atoms with E-state index in [1.807, 2.05) is 44.2 Å². The van der Waals surface area contributed by atoms with Crippen molar-refractivity contribution in [2.24, 2.45) is 11.7 Å². The van der Waals surface area contributed by atoms with Gasteiger partial charge in [0, 0.05) is 18.2 Å². The number of hydrogen-bond acceptors (Lipinski definition) is 8. The lowest BCUT2D eigenvalue weighted by Gasteiger charge is -2.17. The molecule has 30 heavy (non-hydrogen) atoms. The average molecular weight is 425 g/mol. The third kappa shape index (κ3) is 5.90. The molecular weight excluding hydrogens is 396 g/mol. The first-order valence-electron chi connectivity index (χ1n) is 10.3. The van der Waals surface area contributed by atoms with Crippen LogP contribution in [0.3, 0.4) is 0 Å². The number of hydrogen-bond donors (Lipinski definition) is 3. The summed E-state index contributed by atoms with van der Waals surface area (Å²) in [6, 6.07) is 9.21. The van der Waals surface area contributed by atoms with Gasteiger partial charge < -0.3 is 15.8 Å². The zero-order valence-corrected chi connectivity index (χ0v) is 18.2. The highest BCUT2D eigenvalue weighted by Gasteiger charge is 2.22. The number of pyridine rings is 3. The number of ether oxygens (including phenoxy) is 1. The Bertz CT molecular complexity index is 962. The molecule has 0 amide bonds. The van der Waals surface area contributed by atoms with Crippen LogP contribution in [0.25, 0.3) is 11.0 Å². The highest BCUT2D eigenvalue weighted by Crippen LogP contribution is 2.30. The third-order valence-electron chi connectivity index (χ3n) is 4.65. The molecule has 1 aliphatic carbocycles. The van der Waals surface area contributed by atoms with Gasteiger partial charge in [-0.15, -0.1) is 0 Å². The van der Waals surface area contributed by atoms with Gasteiger partial charge in [0.25, 0.3) is 0 Å². The fourth-order valence-corrected chi connectivity index (χ4v) is 4.15. The fraction of sp³-hybridized carbons (Fsp3) is 0.364. The van der Waals surface area contributed by atoms with Crippen molar-refractivity contribution in [1.82, 2.24) is 15.0 Å².